The van der Waals surface area contributed by atoms with Gasteiger partial charge >= 0.3 is 0 Å². The summed E-state index contributed by atoms with van der Waals surface area (Å²) in [4.78, 5) is 11.7. The molecule has 0 radical (unpaired) electrons. The first-order chi connectivity index (χ1) is 17.6. The van der Waals surface area contributed by atoms with E-state index in [4.69, 9.17) is 5.73 Å². The van der Waals surface area contributed by atoms with E-state index in [-0.39, 0.29) is 11.8 Å². The molecule has 0 aromatic heterocycles. The van der Waals surface area contributed by atoms with Gasteiger partial charge in [-0.3, -0.25) is 4.79 Å². The first-order valence-corrected chi connectivity index (χ1v) is 15.7. The molecule has 0 aromatic rings. The second-order valence-electron chi connectivity index (χ2n) is 13.8. The third kappa shape index (κ3) is 5.39. The first kappa shape index (κ1) is 28.6. The maximum absolute atomic E-state index is 11.7. The molecule has 2 nitrogen and oxygen atoms in total. The SMILES string of the molecule is C=C(CC1CCC2(C)C(CCC3C4=CCC(C5=CCC(=O)C=C5)C4(C)CCC32)C1)C(N)CC(C)C.CC. The fraction of sp³-hybridized carbons (Fsp3) is 0.743. The lowest BCUT2D eigenvalue weighted by molar-refractivity contribution is -0.113. The highest BCUT2D eigenvalue weighted by Gasteiger charge is 2.57. The average Bonchev–Trinajstić information content (AvgIpc) is 3.23. The third-order valence-electron chi connectivity index (χ3n) is 11.4. The molecule has 0 bridgehead atoms. The summed E-state index contributed by atoms with van der Waals surface area (Å²) in [7, 11) is 0. The number of rotatable bonds is 6. The van der Waals surface area contributed by atoms with Crippen LogP contribution in [0.4, 0.5) is 0 Å². The fourth-order valence-corrected chi connectivity index (χ4v) is 9.37. The third-order valence-corrected chi connectivity index (χ3v) is 11.4. The Hall–Kier alpha value is -1.41. The maximum Gasteiger partial charge on any atom is 0.159 e. The number of allylic oxidation sites excluding steroid dienone is 6. The molecule has 5 aliphatic carbocycles. The Balaban J connectivity index is 0.00000156. The standard InChI is InChI=1S/C33H49NO.C2H6/c1-21(2)18-31(34)22(3)19-23-14-16-32(4)25(20-23)8-11-27-29-13-12-28(24-6-9-26(35)10-7-24)33(29,5)17-15-30(27)32;1-2/h6-7,9,13,21,23,25,27-28,30-31H,3,8,10-12,14-20,34H2,1-2,4-5H3;1-2H3. The van der Waals surface area contributed by atoms with E-state index >= 15 is 0 Å². The lowest BCUT2D eigenvalue weighted by Gasteiger charge is -2.60. The van der Waals surface area contributed by atoms with Crippen LogP contribution in [-0.2, 0) is 4.79 Å². The highest BCUT2D eigenvalue weighted by atomic mass is 16.1. The Morgan fingerprint density at radius 1 is 1.08 bits per heavy atom. The number of fused-ring (bicyclic) bond motifs is 5. The van der Waals surface area contributed by atoms with Crippen LogP contribution in [0.2, 0.25) is 0 Å². The number of nitrogens with two attached hydrogens (primary N) is 1. The molecule has 5 rings (SSSR count). The summed E-state index contributed by atoms with van der Waals surface area (Å²) in [6.45, 7) is 18.2. The normalized spacial score (nSPS) is 39.5. The first-order valence-electron chi connectivity index (χ1n) is 15.7. The zero-order valence-electron chi connectivity index (χ0n) is 24.8. The summed E-state index contributed by atoms with van der Waals surface area (Å²) >= 11 is 0. The molecule has 206 valence electrons. The van der Waals surface area contributed by atoms with Crippen molar-refractivity contribution in [2.24, 2.45) is 52.1 Å². The summed E-state index contributed by atoms with van der Waals surface area (Å²) in [5.41, 5.74) is 11.8. The minimum Gasteiger partial charge on any atom is -0.324 e. The summed E-state index contributed by atoms with van der Waals surface area (Å²) in [6, 6.07) is 0.171. The lowest BCUT2D eigenvalue weighted by atomic mass is 9.45. The fourth-order valence-electron chi connectivity index (χ4n) is 9.37. The highest BCUT2D eigenvalue weighted by molar-refractivity contribution is 5.92. The molecule has 2 N–H and O–H groups in total. The van der Waals surface area contributed by atoms with Gasteiger partial charge in [0.25, 0.3) is 0 Å². The number of carbonyl (C=O) groups is 1. The molecule has 0 saturated heterocycles. The van der Waals surface area contributed by atoms with Crippen molar-refractivity contribution >= 4 is 5.78 Å². The van der Waals surface area contributed by atoms with Crippen molar-refractivity contribution in [1.82, 2.24) is 0 Å². The van der Waals surface area contributed by atoms with Gasteiger partial charge in [-0.25, -0.2) is 0 Å². The van der Waals surface area contributed by atoms with Crippen LogP contribution in [0.25, 0.3) is 0 Å². The van der Waals surface area contributed by atoms with Crippen molar-refractivity contribution in [3.05, 3.63) is 47.6 Å². The van der Waals surface area contributed by atoms with E-state index in [9.17, 15) is 4.79 Å². The Kier molecular flexibility index (Phi) is 8.79. The Labute approximate surface area is 228 Å². The molecule has 0 spiro atoms. The number of ketones is 1. The Bertz CT molecular complexity index is 952. The molecule has 0 aliphatic heterocycles. The summed E-state index contributed by atoms with van der Waals surface area (Å²) in [6.07, 6.45) is 22.4. The van der Waals surface area contributed by atoms with Crippen molar-refractivity contribution in [1.29, 1.82) is 0 Å². The molecular formula is C35H55NO. The van der Waals surface area contributed by atoms with Crippen molar-refractivity contribution < 1.29 is 4.79 Å². The number of carbonyl (C=O) groups excluding carboxylic acids is 1. The minimum atomic E-state index is 0.171. The topological polar surface area (TPSA) is 43.1 Å². The van der Waals surface area contributed by atoms with E-state index in [0.29, 0.717) is 29.1 Å². The summed E-state index contributed by atoms with van der Waals surface area (Å²) < 4.78 is 0. The highest BCUT2D eigenvalue weighted by Crippen LogP contribution is 2.67. The lowest BCUT2D eigenvalue weighted by Crippen LogP contribution is -2.51. The largest absolute Gasteiger partial charge is 0.324 e. The van der Waals surface area contributed by atoms with E-state index in [0.717, 1.165) is 36.5 Å². The Morgan fingerprint density at radius 3 is 2.51 bits per heavy atom. The van der Waals surface area contributed by atoms with Crippen LogP contribution in [-0.4, -0.2) is 11.8 Å². The van der Waals surface area contributed by atoms with E-state index in [1.807, 2.05) is 19.9 Å². The minimum absolute atomic E-state index is 0.171. The van der Waals surface area contributed by atoms with Gasteiger partial charge in [0.1, 0.15) is 0 Å². The summed E-state index contributed by atoms with van der Waals surface area (Å²) in [5.74, 6) is 4.75. The molecule has 8 unspecified atom stereocenters. The van der Waals surface area contributed by atoms with Crippen LogP contribution in [0.5, 0.6) is 0 Å². The molecule has 0 aromatic carbocycles. The average molecular weight is 506 g/mol. The van der Waals surface area contributed by atoms with Gasteiger partial charge in [0, 0.05) is 12.5 Å². The number of hydrogen-bond acceptors (Lipinski definition) is 2. The predicted octanol–water partition coefficient (Wildman–Crippen LogP) is 8.98. The van der Waals surface area contributed by atoms with Crippen LogP contribution in [0, 0.1) is 46.3 Å². The van der Waals surface area contributed by atoms with Crippen molar-refractivity contribution in [3.63, 3.8) is 0 Å². The molecule has 3 fully saturated rings. The van der Waals surface area contributed by atoms with Gasteiger partial charge < -0.3 is 5.73 Å². The second kappa shape index (κ2) is 11.4. The zero-order chi connectivity index (χ0) is 27.0. The van der Waals surface area contributed by atoms with E-state index in [1.54, 1.807) is 5.57 Å². The summed E-state index contributed by atoms with van der Waals surface area (Å²) in [5, 5.41) is 0. The van der Waals surface area contributed by atoms with Gasteiger partial charge in [-0.05, 0) is 122 Å². The predicted molar refractivity (Wildman–Crippen MR) is 158 cm³/mol. The van der Waals surface area contributed by atoms with Crippen LogP contribution in [0.1, 0.15) is 112 Å². The molecule has 3 saturated carbocycles. The molecule has 5 aliphatic rings. The molecular weight excluding hydrogens is 450 g/mol. The van der Waals surface area contributed by atoms with Crippen LogP contribution in [0.3, 0.4) is 0 Å². The molecule has 0 heterocycles. The van der Waals surface area contributed by atoms with E-state index < -0.39 is 0 Å². The van der Waals surface area contributed by atoms with Gasteiger partial charge in [0.2, 0.25) is 0 Å². The van der Waals surface area contributed by atoms with Gasteiger partial charge in [0.05, 0.1) is 0 Å². The molecule has 8 atom stereocenters. The number of hydrogen-bond donors (Lipinski definition) is 1. The molecule has 37 heavy (non-hydrogen) atoms. The van der Waals surface area contributed by atoms with Crippen molar-refractivity contribution in [2.75, 3.05) is 0 Å². The van der Waals surface area contributed by atoms with E-state index in [1.165, 1.54) is 62.5 Å². The molecule has 2 heteroatoms. The van der Waals surface area contributed by atoms with Crippen LogP contribution >= 0.6 is 0 Å². The molecule has 0 amide bonds. The second-order valence-corrected chi connectivity index (χ2v) is 13.8. The van der Waals surface area contributed by atoms with Crippen LogP contribution < -0.4 is 5.73 Å². The van der Waals surface area contributed by atoms with E-state index in [2.05, 4.69) is 52.5 Å². The van der Waals surface area contributed by atoms with Gasteiger partial charge in [-0.1, -0.05) is 77.5 Å². The van der Waals surface area contributed by atoms with Crippen LogP contribution in [0.15, 0.2) is 47.6 Å². The van der Waals surface area contributed by atoms with Crippen molar-refractivity contribution in [2.45, 2.75) is 118 Å². The Morgan fingerprint density at radius 2 is 1.84 bits per heavy atom. The van der Waals surface area contributed by atoms with Gasteiger partial charge in [0.15, 0.2) is 5.78 Å². The smallest absolute Gasteiger partial charge is 0.159 e. The van der Waals surface area contributed by atoms with Gasteiger partial charge in [-0.15, -0.1) is 0 Å². The maximum atomic E-state index is 11.7. The van der Waals surface area contributed by atoms with Gasteiger partial charge in [-0.2, -0.15) is 0 Å². The van der Waals surface area contributed by atoms with Crippen molar-refractivity contribution in [3.8, 4) is 0 Å². The quantitative estimate of drug-likeness (QED) is 0.366. The monoisotopic (exact) mass is 505 g/mol. The zero-order valence-corrected chi connectivity index (χ0v) is 24.8.